The third-order valence-electron chi connectivity index (χ3n) is 4.02. The quantitative estimate of drug-likeness (QED) is 0.164. The van der Waals surface area contributed by atoms with Crippen molar-refractivity contribution in [3.8, 4) is 11.3 Å². The lowest BCUT2D eigenvalue weighted by atomic mass is 10.0. The van der Waals surface area contributed by atoms with E-state index in [1.165, 1.54) is 34.0 Å². The lowest BCUT2D eigenvalue weighted by Crippen LogP contribution is -2.14. The van der Waals surface area contributed by atoms with E-state index in [0.717, 1.165) is 11.3 Å². The van der Waals surface area contributed by atoms with Crippen LogP contribution in [0.4, 0.5) is 26.3 Å². The van der Waals surface area contributed by atoms with E-state index in [2.05, 4.69) is 15.2 Å². The zero-order chi connectivity index (χ0) is 23.5. The van der Waals surface area contributed by atoms with Gasteiger partial charge in [-0.2, -0.15) is 26.3 Å². The fourth-order valence-electron chi connectivity index (χ4n) is 2.43. The topological polar surface area (TPSA) is 65.0 Å². The number of aromatic nitrogens is 3. The molecule has 0 saturated heterocycles. The molecule has 0 spiro atoms. The van der Waals surface area contributed by atoms with E-state index in [4.69, 9.17) is 4.74 Å². The monoisotopic (exact) mass is 513 g/mol. The van der Waals surface area contributed by atoms with Crippen LogP contribution in [0.2, 0.25) is 0 Å². The second-order valence-electron chi connectivity index (χ2n) is 6.31. The molecule has 2 aromatic heterocycles. The number of esters is 1. The number of ether oxygens (including phenoxy) is 1. The SMILES string of the molecule is CC(C(=O)OCCSc1nc(-c2cc(C(F)(F)F)cc(C(F)(F)F)c2)cs1)c1nncs1. The van der Waals surface area contributed by atoms with Crippen molar-refractivity contribution in [2.75, 3.05) is 12.4 Å². The molecule has 32 heavy (non-hydrogen) atoms. The highest BCUT2D eigenvalue weighted by molar-refractivity contribution is 8.01. The summed E-state index contributed by atoms with van der Waals surface area (Å²) in [4.78, 5) is 16.1. The summed E-state index contributed by atoms with van der Waals surface area (Å²) in [5.41, 5.74) is -1.60. The van der Waals surface area contributed by atoms with Gasteiger partial charge in [-0.15, -0.1) is 32.9 Å². The maximum absolute atomic E-state index is 13.0. The normalized spacial score (nSPS) is 13.2. The third-order valence-corrected chi connectivity index (χ3v) is 6.88. The predicted molar refractivity (Wildman–Crippen MR) is 108 cm³/mol. The van der Waals surface area contributed by atoms with Crippen LogP contribution in [0.5, 0.6) is 0 Å². The first kappa shape index (κ1) is 24.5. The molecule has 1 atom stereocenters. The van der Waals surface area contributed by atoms with Crippen LogP contribution in [0, 0.1) is 0 Å². The van der Waals surface area contributed by atoms with Gasteiger partial charge in [-0.3, -0.25) is 4.79 Å². The number of rotatable bonds is 7. The molecule has 3 rings (SSSR count). The highest BCUT2D eigenvalue weighted by Crippen LogP contribution is 2.39. The predicted octanol–water partition coefficient (Wildman–Crippen LogP) is 6.14. The Kier molecular flexibility index (Phi) is 7.45. The first-order valence-corrected chi connectivity index (χ1v) is 11.5. The van der Waals surface area contributed by atoms with Crippen LogP contribution in [0.1, 0.15) is 29.0 Å². The van der Waals surface area contributed by atoms with Gasteiger partial charge in [0.1, 0.15) is 23.0 Å². The van der Waals surface area contributed by atoms with Crippen molar-refractivity contribution in [3.63, 3.8) is 0 Å². The van der Waals surface area contributed by atoms with Gasteiger partial charge in [0.25, 0.3) is 0 Å². The van der Waals surface area contributed by atoms with Crippen molar-refractivity contribution in [1.82, 2.24) is 15.2 Å². The Hall–Kier alpha value is -2.19. The van der Waals surface area contributed by atoms with Gasteiger partial charge >= 0.3 is 18.3 Å². The average Bonchev–Trinajstić information content (AvgIpc) is 3.41. The fourth-order valence-corrected chi connectivity index (χ4v) is 4.75. The van der Waals surface area contributed by atoms with Crippen molar-refractivity contribution in [1.29, 1.82) is 0 Å². The third kappa shape index (κ3) is 6.19. The Bertz CT molecular complexity index is 1030. The number of thioether (sulfide) groups is 1. The summed E-state index contributed by atoms with van der Waals surface area (Å²) in [7, 11) is 0. The lowest BCUT2D eigenvalue weighted by Gasteiger charge is -2.13. The molecule has 0 fully saturated rings. The van der Waals surface area contributed by atoms with Crippen molar-refractivity contribution >= 4 is 40.4 Å². The first-order chi connectivity index (χ1) is 14.9. The minimum atomic E-state index is -4.93. The molecule has 1 aromatic carbocycles. The first-order valence-electron chi connectivity index (χ1n) is 8.76. The maximum Gasteiger partial charge on any atom is 0.416 e. The minimum Gasteiger partial charge on any atom is -0.464 e. The van der Waals surface area contributed by atoms with Gasteiger partial charge in [0.15, 0.2) is 4.34 Å². The van der Waals surface area contributed by atoms with Gasteiger partial charge in [-0.25, -0.2) is 4.98 Å². The van der Waals surface area contributed by atoms with Gasteiger partial charge in [-0.1, -0.05) is 11.8 Å². The van der Waals surface area contributed by atoms with Gasteiger partial charge in [0.2, 0.25) is 0 Å². The van der Waals surface area contributed by atoms with Gasteiger partial charge < -0.3 is 4.74 Å². The Morgan fingerprint density at radius 2 is 1.75 bits per heavy atom. The molecule has 0 N–H and O–H groups in total. The van der Waals surface area contributed by atoms with Crippen LogP contribution in [0.15, 0.2) is 33.4 Å². The van der Waals surface area contributed by atoms with Gasteiger partial charge in [-0.05, 0) is 25.1 Å². The van der Waals surface area contributed by atoms with E-state index in [9.17, 15) is 31.1 Å². The number of carbonyl (C=O) groups excluding carboxylic acids is 1. The van der Waals surface area contributed by atoms with Crippen LogP contribution < -0.4 is 0 Å². The Morgan fingerprint density at radius 1 is 1.09 bits per heavy atom. The molecule has 0 aliphatic rings. The number of alkyl halides is 6. The number of carbonyl (C=O) groups is 1. The second kappa shape index (κ2) is 9.75. The molecule has 2 heterocycles. The summed E-state index contributed by atoms with van der Waals surface area (Å²) in [5, 5.41) is 9.35. The highest BCUT2D eigenvalue weighted by atomic mass is 32.2. The molecular weight excluding hydrogens is 500 g/mol. The largest absolute Gasteiger partial charge is 0.464 e. The van der Waals surface area contributed by atoms with Crippen LogP contribution >= 0.6 is 34.4 Å². The zero-order valence-electron chi connectivity index (χ0n) is 16.0. The van der Waals surface area contributed by atoms with E-state index < -0.39 is 35.4 Å². The molecule has 3 aromatic rings. The number of benzene rings is 1. The van der Waals surface area contributed by atoms with Crippen molar-refractivity contribution in [2.45, 2.75) is 29.5 Å². The summed E-state index contributed by atoms with van der Waals surface area (Å²) in [5.74, 6) is -0.744. The molecule has 0 radical (unpaired) electrons. The summed E-state index contributed by atoms with van der Waals surface area (Å²) in [6.07, 6.45) is -9.86. The average molecular weight is 514 g/mol. The maximum atomic E-state index is 13.0. The van der Waals surface area contributed by atoms with E-state index in [1.54, 1.807) is 6.92 Å². The van der Waals surface area contributed by atoms with Crippen LogP contribution in [0.25, 0.3) is 11.3 Å². The van der Waals surface area contributed by atoms with Crippen molar-refractivity contribution in [3.05, 3.63) is 45.2 Å². The zero-order valence-corrected chi connectivity index (χ0v) is 18.5. The number of hydrogen-bond acceptors (Lipinski definition) is 8. The second-order valence-corrected chi connectivity index (χ2v) is 9.37. The fraction of sp³-hybridized carbons (Fsp3) is 0.333. The Labute approximate surface area is 189 Å². The van der Waals surface area contributed by atoms with Crippen LogP contribution in [0.3, 0.4) is 0 Å². The highest BCUT2D eigenvalue weighted by Gasteiger charge is 2.37. The van der Waals surface area contributed by atoms with E-state index in [1.807, 2.05) is 0 Å². The van der Waals surface area contributed by atoms with Crippen LogP contribution in [-0.2, 0) is 21.9 Å². The van der Waals surface area contributed by atoms with E-state index >= 15 is 0 Å². The van der Waals surface area contributed by atoms with Gasteiger partial charge in [0, 0.05) is 16.7 Å². The van der Waals surface area contributed by atoms with E-state index in [-0.39, 0.29) is 23.9 Å². The standard InChI is InChI=1S/C18H13F6N3O2S3/c1-9(14-27-25-8-32-14)15(28)29-2-3-30-16-26-13(7-31-16)10-4-11(17(19,20)21)6-12(5-10)18(22,23)24/h4-9H,2-3H2,1H3. The summed E-state index contributed by atoms with van der Waals surface area (Å²) in [6.45, 7) is 1.68. The summed E-state index contributed by atoms with van der Waals surface area (Å²) in [6, 6.07) is 1.34. The summed E-state index contributed by atoms with van der Waals surface area (Å²) >= 11 is 3.46. The Balaban J connectivity index is 1.64. The number of halogens is 6. The number of thiazole rings is 1. The molecule has 1 unspecified atom stereocenters. The minimum absolute atomic E-state index is 0.00372. The molecule has 5 nitrogen and oxygen atoms in total. The molecular formula is C18H13F6N3O2S3. The molecule has 0 saturated carbocycles. The number of hydrogen-bond donors (Lipinski definition) is 0. The van der Waals surface area contributed by atoms with Crippen LogP contribution in [-0.4, -0.2) is 33.5 Å². The molecule has 0 amide bonds. The number of nitrogens with zero attached hydrogens (tertiary/aromatic N) is 3. The molecule has 172 valence electrons. The summed E-state index contributed by atoms with van der Waals surface area (Å²) < 4.78 is 83.8. The molecule has 0 bridgehead atoms. The van der Waals surface area contributed by atoms with Crippen molar-refractivity contribution < 1.29 is 35.9 Å². The van der Waals surface area contributed by atoms with E-state index in [0.29, 0.717) is 27.2 Å². The smallest absolute Gasteiger partial charge is 0.416 e. The van der Waals surface area contributed by atoms with Gasteiger partial charge in [0.05, 0.1) is 16.8 Å². The Morgan fingerprint density at radius 3 is 2.31 bits per heavy atom. The molecule has 0 aliphatic carbocycles. The molecule has 14 heteroatoms. The molecule has 0 aliphatic heterocycles. The lowest BCUT2D eigenvalue weighted by molar-refractivity contribution is -0.145. The van der Waals surface area contributed by atoms with Crippen molar-refractivity contribution in [2.24, 2.45) is 0 Å².